The number of nitrogens with two attached hydrogens (primary N) is 1. The summed E-state index contributed by atoms with van der Waals surface area (Å²) in [7, 11) is 1.67. The molecule has 1 rings (SSSR count). The second kappa shape index (κ2) is 8.27. The minimum Gasteiger partial charge on any atom is -0.383 e. The number of aliphatic imine (C=N–C) groups is 1. The fraction of sp³-hybridized carbons (Fsp3) is 0.909. The summed E-state index contributed by atoms with van der Waals surface area (Å²) in [5, 5.41) is 3.08. The van der Waals surface area contributed by atoms with Crippen molar-refractivity contribution in [3.8, 4) is 0 Å². The summed E-state index contributed by atoms with van der Waals surface area (Å²) in [5.74, 6) is 6.01. The lowest BCUT2D eigenvalue weighted by Gasteiger charge is -2.18. The Labute approximate surface area is 104 Å². The molecule has 0 amide bonds. The Morgan fingerprint density at radius 2 is 2.29 bits per heavy atom. The van der Waals surface area contributed by atoms with Gasteiger partial charge in [0.2, 0.25) is 5.96 Å². The highest BCUT2D eigenvalue weighted by atomic mass is 16.5. The Hall–Kier alpha value is -0.850. The number of nitrogens with one attached hydrogen (secondary N) is 2. The Morgan fingerprint density at radius 1 is 1.53 bits per heavy atom. The zero-order chi connectivity index (χ0) is 12.5. The van der Waals surface area contributed by atoms with Crippen LogP contribution in [0, 0.1) is 0 Å². The number of ether oxygens (including phenoxy) is 1. The van der Waals surface area contributed by atoms with Crippen LogP contribution in [0.25, 0.3) is 0 Å². The quantitative estimate of drug-likeness (QED) is 0.177. The van der Waals surface area contributed by atoms with Gasteiger partial charge in [-0.15, -0.1) is 0 Å². The molecule has 0 spiro atoms. The van der Waals surface area contributed by atoms with Crippen LogP contribution < -0.4 is 16.6 Å². The topological polar surface area (TPSA) is 74.9 Å². The van der Waals surface area contributed by atoms with Crippen molar-refractivity contribution in [1.82, 2.24) is 15.6 Å². The van der Waals surface area contributed by atoms with Crippen LogP contribution in [-0.4, -0.2) is 56.8 Å². The summed E-state index contributed by atoms with van der Waals surface area (Å²) < 4.78 is 4.94. The standard InChI is InChI=1S/C11H25N5O/c1-3-16(10-4-5-10)8-6-13-11(15-12)14-7-9-17-2/h10H,3-9,12H2,1-2H3,(H2,13,14,15). The predicted molar refractivity (Wildman–Crippen MR) is 69.8 cm³/mol. The lowest BCUT2D eigenvalue weighted by Crippen LogP contribution is -2.43. The molecule has 0 bridgehead atoms. The number of nitrogens with zero attached hydrogens (tertiary/aromatic N) is 2. The Balaban J connectivity index is 2.18. The highest BCUT2D eigenvalue weighted by Gasteiger charge is 2.26. The smallest absolute Gasteiger partial charge is 0.205 e. The van der Waals surface area contributed by atoms with Crippen LogP contribution in [-0.2, 0) is 4.74 Å². The zero-order valence-electron chi connectivity index (χ0n) is 10.9. The molecule has 1 saturated carbocycles. The van der Waals surface area contributed by atoms with E-state index in [4.69, 9.17) is 10.6 Å². The van der Waals surface area contributed by atoms with Gasteiger partial charge in [-0.1, -0.05) is 6.92 Å². The first-order valence-corrected chi connectivity index (χ1v) is 6.29. The molecule has 0 saturated heterocycles. The second-order valence-electron chi connectivity index (χ2n) is 4.15. The molecule has 0 atom stereocenters. The third kappa shape index (κ3) is 5.86. The Bertz CT molecular complexity index is 230. The van der Waals surface area contributed by atoms with Crippen molar-refractivity contribution in [1.29, 1.82) is 0 Å². The molecule has 1 aliphatic rings. The van der Waals surface area contributed by atoms with E-state index < -0.39 is 0 Å². The third-order valence-electron chi connectivity index (χ3n) is 2.86. The minimum absolute atomic E-state index is 0.633. The summed E-state index contributed by atoms with van der Waals surface area (Å²) in [6.45, 7) is 6.41. The van der Waals surface area contributed by atoms with Crippen molar-refractivity contribution < 1.29 is 4.74 Å². The van der Waals surface area contributed by atoms with Crippen LogP contribution in [0.5, 0.6) is 0 Å². The van der Waals surface area contributed by atoms with E-state index in [0.29, 0.717) is 19.1 Å². The maximum Gasteiger partial charge on any atom is 0.205 e. The van der Waals surface area contributed by atoms with Gasteiger partial charge < -0.3 is 10.1 Å². The van der Waals surface area contributed by atoms with Gasteiger partial charge in [-0.3, -0.25) is 15.3 Å². The lowest BCUT2D eigenvalue weighted by atomic mass is 10.4. The molecule has 0 unspecified atom stereocenters. The normalized spacial score (nSPS) is 16.4. The van der Waals surface area contributed by atoms with Crippen molar-refractivity contribution >= 4 is 5.96 Å². The average Bonchev–Trinajstić information content (AvgIpc) is 3.17. The van der Waals surface area contributed by atoms with Crippen molar-refractivity contribution in [3.05, 3.63) is 0 Å². The molecule has 17 heavy (non-hydrogen) atoms. The largest absolute Gasteiger partial charge is 0.383 e. The molecule has 0 aromatic rings. The molecule has 100 valence electrons. The maximum absolute atomic E-state index is 5.38. The number of guanidine groups is 1. The van der Waals surface area contributed by atoms with Gasteiger partial charge >= 0.3 is 0 Å². The second-order valence-corrected chi connectivity index (χ2v) is 4.15. The van der Waals surface area contributed by atoms with Crippen LogP contribution in [0.1, 0.15) is 19.8 Å². The molecule has 0 aromatic heterocycles. The van der Waals surface area contributed by atoms with Crippen molar-refractivity contribution in [2.45, 2.75) is 25.8 Å². The molecule has 1 aliphatic carbocycles. The van der Waals surface area contributed by atoms with E-state index in [9.17, 15) is 0 Å². The van der Waals surface area contributed by atoms with E-state index in [-0.39, 0.29) is 0 Å². The van der Waals surface area contributed by atoms with Gasteiger partial charge in [0, 0.05) is 26.2 Å². The van der Waals surface area contributed by atoms with E-state index >= 15 is 0 Å². The number of hydrogen-bond acceptors (Lipinski definition) is 4. The Morgan fingerprint density at radius 3 is 2.82 bits per heavy atom. The molecule has 6 nitrogen and oxygen atoms in total. The average molecular weight is 243 g/mol. The van der Waals surface area contributed by atoms with Crippen LogP contribution in [0.4, 0.5) is 0 Å². The van der Waals surface area contributed by atoms with Crippen molar-refractivity contribution in [2.75, 3.05) is 39.9 Å². The first-order chi connectivity index (χ1) is 8.31. The van der Waals surface area contributed by atoms with Crippen LogP contribution in [0.2, 0.25) is 0 Å². The molecule has 1 fully saturated rings. The number of likely N-dealkylation sites (N-methyl/N-ethyl adjacent to an activating group) is 1. The monoisotopic (exact) mass is 243 g/mol. The first-order valence-electron chi connectivity index (χ1n) is 6.29. The van der Waals surface area contributed by atoms with Gasteiger partial charge in [0.25, 0.3) is 0 Å². The third-order valence-corrected chi connectivity index (χ3v) is 2.86. The van der Waals surface area contributed by atoms with Gasteiger partial charge in [-0.05, 0) is 19.4 Å². The first kappa shape index (κ1) is 14.2. The highest BCUT2D eigenvalue weighted by Crippen LogP contribution is 2.25. The van der Waals surface area contributed by atoms with E-state index in [0.717, 1.165) is 25.7 Å². The summed E-state index contributed by atoms with van der Waals surface area (Å²) in [6.07, 6.45) is 2.68. The lowest BCUT2D eigenvalue weighted by molar-refractivity contribution is 0.203. The summed E-state index contributed by atoms with van der Waals surface area (Å²) >= 11 is 0. The van der Waals surface area contributed by atoms with Gasteiger partial charge in [-0.2, -0.15) is 0 Å². The van der Waals surface area contributed by atoms with Crippen molar-refractivity contribution in [2.24, 2.45) is 10.8 Å². The molecule has 0 radical (unpaired) electrons. The fourth-order valence-corrected chi connectivity index (χ4v) is 1.75. The van der Waals surface area contributed by atoms with Crippen LogP contribution in [0.3, 0.4) is 0 Å². The van der Waals surface area contributed by atoms with E-state index in [1.54, 1.807) is 7.11 Å². The van der Waals surface area contributed by atoms with E-state index in [1.807, 2.05) is 0 Å². The zero-order valence-corrected chi connectivity index (χ0v) is 10.9. The number of hydrazine groups is 1. The summed E-state index contributed by atoms with van der Waals surface area (Å²) in [6, 6.07) is 0.797. The number of rotatable bonds is 8. The summed E-state index contributed by atoms with van der Waals surface area (Å²) in [4.78, 5) is 6.85. The molecular weight excluding hydrogens is 218 g/mol. The van der Waals surface area contributed by atoms with Gasteiger partial charge in [-0.25, -0.2) is 5.84 Å². The number of methoxy groups -OCH3 is 1. The minimum atomic E-state index is 0.633. The molecular formula is C11H25N5O. The molecule has 4 N–H and O–H groups in total. The highest BCUT2D eigenvalue weighted by molar-refractivity contribution is 5.79. The molecule has 0 aromatic carbocycles. The number of hydrogen-bond donors (Lipinski definition) is 3. The fourth-order valence-electron chi connectivity index (χ4n) is 1.75. The van der Waals surface area contributed by atoms with Gasteiger partial charge in [0.1, 0.15) is 0 Å². The molecule has 0 aliphatic heterocycles. The van der Waals surface area contributed by atoms with Crippen molar-refractivity contribution in [3.63, 3.8) is 0 Å². The van der Waals surface area contributed by atoms with Gasteiger partial charge in [0.15, 0.2) is 0 Å². The Kier molecular flexibility index (Phi) is 6.91. The molecule has 0 heterocycles. The van der Waals surface area contributed by atoms with Crippen LogP contribution in [0.15, 0.2) is 4.99 Å². The van der Waals surface area contributed by atoms with E-state index in [2.05, 4.69) is 27.6 Å². The van der Waals surface area contributed by atoms with Crippen LogP contribution >= 0.6 is 0 Å². The predicted octanol–water partition coefficient (Wildman–Crippen LogP) is -0.474. The van der Waals surface area contributed by atoms with Gasteiger partial charge in [0.05, 0.1) is 13.2 Å². The van der Waals surface area contributed by atoms with E-state index in [1.165, 1.54) is 12.8 Å². The molecule has 6 heteroatoms. The summed E-state index contributed by atoms with van der Waals surface area (Å²) in [5.41, 5.74) is 2.56. The SMILES string of the molecule is CCN(CCN=C(NN)NCCOC)C1CC1. The maximum atomic E-state index is 5.38.